The Bertz CT molecular complexity index is 859. The van der Waals surface area contributed by atoms with Crippen molar-refractivity contribution in [3.8, 4) is 5.75 Å². The maximum atomic E-state index is 12.4. The van der Waals surface area contributed by atoms with Crippen LogP contribution in [-0.2, 0) is 11.8 Å². The van der Waals surface area contributed by atoms with E-state index in [-0.39, 0.29) is 11.5 Å². The number of benzene rings is 2. The molecule has 30 heavy (non-hydrogen) atoms. The van der Waals surface area contributed by atoms with Gasteiger partial charge >= 0.3 is 6.09 Å². The Morgan fingerprint density at radius 3 is 2.13 bits per heavy atom. The standard InChI is InChI=1S/C25H32N2O3/c1-25(2,3)21-10-6-18(7-11-21)4-5-19-14-16-27(17-15-19)24(29)30-22-12-8-20(9-13-22)23(26)28/h6-13,19H,4-5,14-17H2,1-3H3,(H2,26,28). The Morgan fingerprint density at radius 1 is 1.00 bits per heavy atom. The molecule has 0 atom stereocenters. The van der Waals surface area contributed by atoms with Gasteiger partial charge in [0.1, 0.15) is 5.75 Å². The summed E-state index contributed by atoms with van der Waals surface area (Å²) in [4.78, 5) is 25.3. The summed E-state index contributed by atoms with van der Waals surface area (Å²) >= 11 is 0. The van der Waals surface area contributed by atoms with E-state index >= 15 is 0 Å². The first-order chi connectivity index (χ1) is 14.2. The molecular weight excluding hydrogens is 376 g/mol. The van der Waals surface area contributed by atoms with Gasteiger partial charge in [-0.2, -0.15) is 0 Å². The number of carbonyl (C=O) groups excluding carboxylic acids is 2. The zero-order valence-corrected chi connectivity index (χ0v) is 18.2. The fraction of sp³-hybridized carbons (Fsp3) is 0.440. The monoisotopic (exact) mass is 408 g/mol. The van der Waals surface area contributed by atoms with E-state index in [2.05, 4.69) is 45.0 Å². The van der Waals surface area contributed by atoms with Gasteiger partial charge < -0.3 is 15.4 Å². The van der Waals surface area contributed by atoms with Crippen molar-refractivity contribution in [2.45, 2.75) is 51.9 Å². The summed E-state index contributed by atoms with van der Waals surface area (Å²) in [6, 6.07) is 15.3. The predicted octanol–water partition coefficient (Wildman–Crippen LogP) is 4.93. The van der Waals surface area contributed by atoms with Crippen LogP contribution in [0.25, 0.3) is 0 Å². The summed E-state index contributed by atoms with van der Waals surface area (Å²) in [5.41, 5.74) is 8.54. The van der Waals surface area contributed by atoms with Crippen molar-refractivity contribution in [3.63, 3.8) is 0 Å². The average Bonchev–Trinajstić information content (AvgIpc) is 2.72. The molecule has 2 aromatic rings. The number of hydrogen-bond donors (Lipinski definition) is 1. The van der Waals surface area contributed by atoms with E-state index in [9.17, 15) is 9.59 Å². The fourth-order valence-corrected chi connectivity index (χ4v) is 3.80. The van der Waals surface area contributed by atoms with Gasteiger partial charge in [-0.15, -0.1) is 0 Å². The second kappa shape index (κ2) is 9.33. The molecule has 0 saturated carbocycles. The van der Waals surface area contributed by atoms with Crippen LogP contribution in [-0.4, -0.2) is 30.0 Å². The van der Waals surface area contributed by atoms with E-state index in [0.29, 0.717) is 30.3 Å². The largest absolute Gasteiger partial charge is 0.415 e. The molecule has 2 amide bonds. The third-order valence-corrected chi connectivity index (χ3v) is 5.88. The first-order valence-electron chi connectivity index (χ1n) is 10.7. The summed E-state index contributed by atoms with van der Waals surface area (Å²) < 4.78 is 5.43. The molecule has 5 nitrogen and oxygen atoms in total. The highest BCUT2D eigenvalue weighted by Crippen LogP contribution is 2.25. The number of primary amides is 1. The van der Waals surface area contributed by atoms with Crippen molar-refractivity contribution in [3.05, 3.63) is 65.2 Å². The zero-order chi connectivity index (χ0) is 21.7. The van der Waals surface area contributed by atoms with Crippen LogP contribution in [0.15, 0.2) is 48.5 Å². The van der Waals surface area contributed by atoms with Gasteiger partial charge in [-0.25, -0.2) is 4.79 Å². The molecule has 1 fully saturated rings. The molecule has 1 heterocycles. The van der Waals surface area contributed by atoms with Crippen molar-refractivity contribution >= 4 is 12.0 Å². The maximum absolute atomic E-state index is 12.4. The van der Waals surface area contributed by atoms with Crippen LogP contribution in [0.1, 0.15) is 61.5 Å². The third-order valence-electron chi connectivity index (χ3n) is 5.88. The first-order valence-corrected chi connectivity index (χ1v) is 10.7. The number of amides is 2. The quantitative estimate of drug-likeness (QED) is 0.763. The fourth-order valence-electron chi connectivity index (χ4n) is 3.80. The molecule has 0 unspecified atom stereocenters. The van der Waals surface area contributed by atoms with Gasteiger partial charge in [0.2, 0.25) is 5.91 Å². The molecule has 5 heteroatoms. The highest BCUT2D eigenvalue weighted by Gasteiger charge is 2.24. The van der Waals surface area contributed by atoms with Crippen LogP contribution >= 0.6 is 0 Å². The van der Waals surface area contributed by atoms with E-state index < -0.39 is 5.91 Å². The molecule has 3 rings (SSSR count). The van der Waals surface area contributed by atoms with Gasteiger partial charge in [0, 0.05) is 18.7 Å². The van der Waals surface area contributed by atoms with Gasteiger partial charge in [-0.1, -0.05) is 45.0 Å². The van der Waals surface area contributed by atoms with Crippen LogP contribution in [0.5, 0.6) is 5.75 Å². The third kappa shape index (κ3) is 5.85. The van der Waals surface area contributed by atoms with E-state index in [1.807, 2.05) is 0 Å². The smallest absolute Gasteiger partial charge is 0.410 e. The number of carbonyl (C=O) groups is 2. The van der Waals surface area contributed by atoms with E-state index in [4.69, 9.17) is 10.5 Å². The minimum atomic E-state index is -0.500. The van der Waals surface area contributed by atoms with E-state index in [1.54, 1.807) is 29.2 Å². The average molecular weight is 409 g/mol. The van der Waals surface area contributed by atoms with Crippen LogP contribution < -0.4 is 10.5 Å². The molecule has 1 saturated heterocycles. The van der Waals surface area contributed by atoms with Gasteiger partial charge in [0.15, 0.2) is 0 Å². The van der Waals surface area contributed by atoms with Crippen molar-refractivity contribution in [2.75, 3.05) is 13.1 Å². The number of nitrogens with two attached hydrogens (primary N) is 1. The molecule has 2 N–H and O–H groups in total. The van der Waals surface area contributed by atoms with Gasteiger partial charge in [0.05, 0.1) is 0 Å². The molecule has 0 aliphatic carbocycles. The first kappa shape index (κ1) is 21.9. The number of hydrogen-bond acceptors (Lipinski definition) is 3. The second-order valence-corrected chi connectivity index (χ2v) is 9.17. The lowest BCUT2D eigenvalue weighted by atomic mass is 9.85. The molecule has 1 aliphatic rings. The minimum absolute atomic E-state index is 0.184. The van der Waals surface area contributed by atoms with Crippen molar-refractivity contribution in [1.82, 2.24) is 4.90 Å². The van der Waals surface area contributed by atoms with Crippen LogP contribution in [0.3, 0.4) is 0 Å². The lowest BCUT2D eigenvalue weighted by Gasteiger charge is -2.31. The number of piperidine rings is 1. The number of aryl methyl sites for hydroxylation is 1. The summed E-state index contributed by atoms with van der Waals surface area (Å²) in [6.45, 7) is 8.13. The summed E-state index contributed by atoms with van der Waals surface area (Å²) in [5, 5.41) is 0. The number of likely N-dealkylation sites (tertiary alicyclic amines) is 1. The minimum Gasteiger partial charge on any atom is -0.410 e. The van der Waals surface area contributed by atoms with Gasteiger partial charge in [-0.3, -0.25) is 4.79 Å². The molecule has 0 aromatic heterocycles. The molecule has 2 aromatic carbocycles. The number of rotatable bonds is 5. The second-order valence-electron chi connectivity index (χ2n) is 9.17. The Balaban J connectivity index is 1.43. The van der Waals surface area contributed by atoms with E-state index in [1.165, 1.54) is 11.1 Å². The topological polar surface area (TPSA) is 72.6 Å². The zero-order valence-electron chi connectivity index (χ0n) is 18.2. The molecule has 0 radical (unpaired) electrons. The summed E-state index contributed by atoms with van der Waals surface area (Å²) in [7, 11) is 0. The van der Waals surface area contributed by atoms with Gasteiger partial charge in [-0.05, 0) is 72.4 Å². The van der Waals surface area contributed by atoms with Crippen molar-refractivity contribution < 1.29 is 14.3 Å². The Hall–Kier alpha value is -2.82. The number of nitrogens with zero attached hydrogens (tertiary/aromatic N) is 1. The SMILES string of the molecule is CC(C)(C)c1ccc(CCC2CCN(C(=O)Oc3ccc(C(N)=O)cc3)CC2)cc1. The molecule has 1 aliphatic heterocycles. The Morgan fingerprint density at radius 2 is 1.60 bits per heavy atom. The normalized spacial score (nSPS) is 15.1. The van der Waals surface area contributed by atoms with Crippen molar-refractivity contribution in [1.29, 1.82) is 0 Å². The van der Waals surface area contributed by atoms with Crippen LogP contribution in [0.2, 0.25) is 0 Å². The molecule has 160 valence electrons. The maximum Gasteiger partial charge on any atom is 0.415 e. The van der Waals surface area contributed by atoms with E-state index in [0.717, 1.165) is 25.7 Å². The van der Waals surface area contributed by atoms with Gasteiger partial charge in [0.25, 0.3) is 0 Å². The Labute approximate surface area is 179 Å². The van der Waals surface area contributed by atoms with Crippen LogP contribution in [0, 0.1) is 5.92 Å². The lowest BCUT2D eigenvalue weighted by molar-refractivity contribution is 0.100. The lowest BCUT2D eigenvalue weighted by Crippen LogP contribution is -2.40. The molecule has 0 spiro atoms. The predicted molar refractivity (Wildman–Crippen MR) is 119 cm³/mol. The summed E-state index contributed by atoms with van der Waals surface area (Å²) in [5.74, 6) is 0.553. The number of ether oxygens (including phenoxy) is 1. The van der Waals surface area contributed by atoms with Crippen LogP contribution in [0.4, 0.5) is 4.79 Å². The molecule has 0 bridgehead atoms. The highest BCUT2D eigenvalue weighted by atomic mass is 16.6. The highest BCUT2D eigenvalue weighted by molar-refractivity contribution is 5.92. The summed E-state index contributed by atoms with van der Waals surface area (Å²) in [6.07, 6.45) is 3.88. The van der Waals surface area contributed by atoms with Crippen molar-refractivity contribution in [2.24, 2.45) is 11.7 Å². The molecular formula is C25H32N2O3. The Kier molecular flexibility index (Phi) is 6.80.